The molecule has 0 aromatic heterocycles. The number of carbonyl (C=O) groups is 1. The van der Waals surface area contributed by atoms with E-state index in [2.05, 4.69) is 0 Å². The highest BCUT2D eigenvalue weighted by Crippen LogP contribution is 2.23. The van der Waals surface area contributed by atoms with Crippen LogP contribution in [-0.4, -0.2) is 23.1 Å². The Morgan fingerprint density at radius 1 is 1.29 bits per heavy atom. The Morgan fingerprint density at radius 3 is 2.47 bits per heavy atom. The molecule has 94 valence electrons. The van der Waals surface area contributed by atoms with Crippen molar-refractivity contribution in [2.24, 2.45) is 0 Å². The second-order valence-corrected chi connectivity index (χ2v) is 4.03. The minimum absolute atomic E-state index is 0.232. The predicted molar refractivity (Wildman–Crippen MR) is 67.5 cm³/mol. The molecule has 0 aliphatic rings. The summed E-state index contributed by atoms with van der Waals surface area (Å²) in [5.41, 5.74) is -0.757. The minimum atomic E-state index is -1.26. The Balaban J connectivity index is 2.99. The standard InChI is InChI=1S/C14H20O3/c1-4-14(16,5-2)13(15)11-8-7-9-12(10-11)17-6-3/h7-10,16H,4-6H2,1-3H3. The molecule has 1 aromatic rings. The lowest BCUT2D eigenvalue weighted by molar-refractivity contribution is 0.0277. The van der Waals surface area contributed by atoms with E-state index >= 15 is 0 Å². The Labute approximate surface area is 102 Å². The summed E-state index contributed by atoms with van der Waals surface area (Å²) in [6, 6.07) is 6.96. The lowest BCUT2D eigenvalue weighted by atomic mass is 9.88. The zero-order valence-electron chi connectivity index (χ0n) is 10.7. The molecule has 1 rings (SSSR count). The van der Waals surface area contributed by atoms with E-state index < -0.39 is 5.60 Å². The van der Waals surface area contributed by atoms with Crippen LogP contribution in [0.3, 0.4) is 0 Å². The van der Waals surface area contributed by atoms with E-state index in [0.29, 0.717) is 30.8 Å². The third-order valence-electron chi connectivity index (χ3n) is 3.00. The van der Waals surface area contributed by atoms with Crippen molar-refractivity contribution in [3.63, 3.8) is 0 Å². The quantitative estimate of drug-likeness (QED) is 0.772. The van der Waals surface area contributed by atoms with E-state index in [1.165, 1.54) is 0 Å². The van der Waals surface area contributed by atoms with Gasteiger partial charge in [-0.1, -0.05) is 26.0 Å². The monoisotopic (exact) mass is 236 g/mol. The van der Waals surface area contributed by atoms with Crippen LogP contribution in [0.1, 0.15) is 44.0 Å². The average molecular weight is 236 g/mol. The van der Waals surface area contributed by atoms with E-state index in [-0.39, 0.29) is 5.78 Å². The molecule has 0 bridgehead atoms. The molecule has 0 heterocycles. The largest absolute Gasteiger partial charge is 0.494 e. The summed E-state index contributed by atoms with van der Waals surface area (Å²) < 4.78 is 5.34. The first-order valence-corrected chi connectivity index (χ1v) is 6.07. The highest BCUT2D eigenvalue weighted by Gasteiger charge is 2.32. The summed E-state index contributed by atoms with van der Waals surface area (Å²) in [4.78, 5) is 12.2. The van der Waals surface area contributed by atoms with Crippen LogP contribution in [0.25, 0.3) is 0 Å². The minimum Gasteiger partial charge on any atom is -0.494 e. The molecule has 1 aromatic carbocycles. The molecule has 0 radical (unpaired) electrons. The topological polar surface area (TPSA) is 46.5 Å². The maximum atomic E-state index is 12.2. The van der Waals surface area contributed by atoms with Gasteiger partial charge in [0.1, 0.15) is 11.4 Å². The first-order chi connectivity index (χ1) is 8.07. The Hall–Kier alpha value is -1.35. The van der Waals surface area contributed by atoms with E-state index in [0.717, 1.165) is 0 Å². The van der Waals surface area contributed by atoms with Gasteiger partial charge in [-0.25, -0.2) is 0 Å². The Kier molecular flexibility index (Phi) is 4.70. The van der Waals surface area contributed by atoms with Gasteiger partial charge in [0.25, 0.3) is 0 Å². The maximum Gasteiger partial charge on any atom is 0.194 e. The highest BCUT2D eigenvalue weighted by atomic mass is 16.5. The van der Waals surface area contributed by atoms with Gasteiger partial charge in [0.2, 0.25) is 0 Å². The second-order valence-electron chi connectivity index (χ2n) is 4.03. The molecule has 0 aliphatic carbocycles. The molecule has 0 amide bonds. The molecule has 17 heavy (non-hydrogen) atoms. The third kappa shape index (κ3) is 3.07. The van der Waals surface area contributed by atoms with Crippen LogP contribution in [0.4, 0.5) is 0 Å². The number of rotatable bonds is 6. The van der Waals surface area contributed by atoms with Gasteiger partial charge < -0.3 is 9.84 Å². The molecule has 3 nitrogen and oxygen atoms in total. The van der Waals surface area contributed by atoms with Crippen LogP contribution in [0.2, 0.25) is 0 Å². The van der Waals surface area contributed by atoms with Crippen molar-refractivity contribution in [2.75, 3.05) is 6.61 Å². The zero-order valence-corrected chi connectivity index (χ0v) is 10.7. The fourth-order valence-corrected chi connectivity index (χ4v) is 1.73. The van der Waals surface area contributed by atoms with Gasteiger partial charge in [-0.15, -0.1) is 0 Å². The van der Waals surface area contributed by atoms with Crippen LogP contribution in [0, 0.1) is 0 Å². The SMILES string of the molecule is CCOc1cccc(C(=O)C(O)(CC)CC)c1. The number of hydrogen-bond donors (Lipinski definition) is 1. The normalized spacial score (nSPS) is 11.3. The molecule has 1 N–H and O–H groups in total. The first-order valence-electron chi connectivity index (χ1n) is 6.07. The number of ether oxygens (including phenoxy) is 1. The number of benzene rings is 1. The molecular formula is C14H20O3. The van der Waals surface area contributed by atoms with Crippen LogP contribution in [-0.2, 0) is 0 Å². The zero-order chi connectivity index (χ0) is 12.9. The fourth-order valence-electron chi connectivity index (χ4n) is 1.73. The lowest BCUT2D eigenvalue weighted by Crippen LogP contribution is -2.37. The molecule has 0 fully saturated rings. The summed E-state index contributed by atoms with van der Waals surface area (Å²) in [7, 11) is 0. The van der Waals surface area contributed by atoms with E-state index in [1.54, 1.807) is 24.3 Å². The van der Waals surface area contributed by atoms with Gasteiger partial charge in [0, 0.05) is 5.56 Å². The van der Waals surface area contributed by atoms with Crippen LogP contribution in [0.15, 0.2) is 24.3 Å². The maximum absolute atomic E-state index is 12.2. The lowest BCUT2D eigenvalue weighted by Gasteiger charge is -2.23. The van der Waals surface area contributed by atoms with Crippen molar-refractivity contribution in [3.8, 4) is 5.75 Å². The Morgan fingerprint density at radius 2 is 1.94 bits per heavy atom. The van der Waals surface area contributed by atoms with Crippen LogP contribution < -0.4 is 4.74 Å². The number of carbonyl (C=O) groups excluding carboxylic acids is 1. The molecule has 0 atom stereocenters. The van der Waals surface area contributed by atoms with Crippen LogP contribution in [0.5, 0.6) is 5.75 Å². The summed E-state index contributed by atoms with van der Waals surface area (Å²) in [6.07, 6.45) is 0.836. The van der Waals surface area contributed by atoms with Gasteiger partial charge in [-0.3, -0.25) is 4.79 Å². The number of Topliss-reactive ketones (excluding diaryl/α,β-unsaturated/α-hetero) is 1. The van der Waals surface area contributed by atoms with Crippen molar-refractivity contribution in [3.05, 3.63) is 29.8 Å². The second kappa shape index (κ2) is 5.82. The summed E-state index contributed by atoms with van der Waals surface area (Å²) in [6.45, 7) is 6.08. The van der Waals surface area contributed by atoms with Gasteiger partial charge in [-0.05, 0) is 31.9 Å². The van der Waals surface area contributed by atoms with Gasteiger partial charge in [0.15, 0.2) is 5.78 Å². The smallest absolute Gasteiger partial charge is 0.194 e. The van der Waals surface area contributed by atoms with Crippen molar-refractivity contribution in [2.45, 2.75) is 39.2 Å². The van der Waals surface area contributed by atoms with E-state index in [4.69, 9.17) is 4.74 Å². The molecule has 0 unspecified atom stereocenters. The van der Waals surface area contributed by atoms with Crippen LogP contribution >= 0.6 is 0 Å². The van der Waals surface area contributed by atoms with Gasteiger partial charge in [0.05, 0.1) is 6.61 Å². The number of ketones is 1. The summed E-state index contributed by atoms with van der Waals surface area (Å²) in [5, 5.41) is 10.2. The van der Waals surface area contributed by atoms with Crippen molar-refractivity contribution in [1.29, 1.82) is 0 Å². The van der Waals surface area contributed by atoms with Gasteiger partial charge >= 0.3 is 0 Å². The third-order valence-corrected chi connectivity index (χ3v) is 3.00. The van der Waals surface area contributed by atoms with E-state index in [1.807, 2.05) is 20.8 Å². The highest BCUT2D eigenvalue weighted by molar-refractivity contribution is 6.02. The molecule has 3 heteroatoms. The van der Waals surface area contributed by atoms with E-state index in [9.17, 15) is 9.90 Å². The predicted octanol–water partition coefficient (Wildman–Crippen LogP) is 2.82. The van der Waals surface area contributed by atoms with Crippen molar-refractivity contribution < 1.29 is 14.6 Å². The molecule has 0 spiro atoms. The summed E-state index contributed by atoms with van der Waals surface area (Å²) >= 11 is 0. The molecule has 0 saturated heterocycles. The fraction of sp³-hybridized carbons (Fsp3) is 0.500. The number of hydrogen-bond acceptors (Lipinski definition) is 3. The van der Waals surface area contributed by atoms with Crippen molar-refractivity contribution in [1.82, 2.24) is 0 Å². The molecular weight excluding hydrogens is 216 g/mol. The first kappa shape index (κ1) is 13.7. The molecule has 0 saturated carbocycles. The Bertz CT molecular complexity index is 381. The van der Waals surface area contributed by atoms with Gasteiger partial charge in [-0.2, -0.15) is 0 Å². The van der Waals surface area contributed by atoms with Crippen molar-refractivity contribution >= 4 is 5.78 Å². The summed E-state index contributed by atoms with van der Waals surface area (Å²) in [5.74, 6) is 0.428. The molecule has 0 aliphatic heterocycles. The average Bonchev–Trinajstić information content (AvgIpc) is 2.37. The number of aliphatic hydroxyl groups is 1.